The molecule has 178 valence electrons. The van der Waals surface area contributed by atoms with Gasteiger partial charge in [0.2, 0.25) is 0 Å². The molecule has 0 radical (unpaired) electrons. The zero-order valence-electron chi connectivity index (χ0n) is 19.8. The van der Waals surface area contributed by atoms with Crippen LogP contribution in [0.15, 0.2) is 78.9 Å². The van der Waals surface area contributed by atoms with Crippen molar-refractivity contribution in [2.24, 2.45) is 0 Å². The second-order valence-electron chi connectivity index (χ2n) is 8.73. The Bertz CT molecular complexity index is 1320. The summed E-state index contributed by atoms with van der Waals surface area (Å²) in [5.74, 6) is 0.402. The van der Waals surface area contributed by atoms with E-state index in [4.69, 9.17) is 9.72 Å². The molecule has 5 rings (SSSR count). The zero-order valence-corrected chi connectivity index (χ0v) is 19.8. The van der Waals surface area contributed by atoms with Crippen molar-refractivity contribution in [2.45, 2.75) is 13.5 Å². The number of carbonyl (C=O) groups excluding carboxylic acids is 1. The molecule has 1 aliphatic heterocycles. The SMILES string of the molecule is CCOc1cc(-c2ccc(F)cc2)nc2ccc(C(=O)N3CCN(Cc4ccccc4)CC3)cc12. The Balaban J connectivity index is 1.35. The van der Waals surface area contributed by atoms with Crippen LogP contribution in [0.5, 0.6) is 5.75 Å². The molecule has 1 fully saturated rings. The Kier molecular flexibility index (Phi) is 6.73. The van der Waals surface area contributed by atoms with Crippen LogP contribution >= 0.6 is 0 Å². The first-order valence-corrected chi connectivity index (χ1v) is 12.0. The molecule has 1 aromatic heterocycles. The lowest BCUT2D eigenvalue weighted by Crippen LogP contribution is -2.48. The van der Waals surface area contributed by atoms with E-state index >= 15 is 0 Å². The van der Waals surface area contributed by atoms with Crippen LogP contribution in [0.25, 0.3) is 22.2 Å². The van der Waals surface area contributed by atoms with Crippen LogP contribution in [-0.4, -0.2) is 53.5 Å². The molecule has 6 heteroatoms. The van der Waals surface area contributed by atoms with Gasteiger partial charge in [0.15, 0.2) is 0 Å². The molecule has 1 amide bonds. The number of halogens is 1. The molecular weight excluding hydrogens is 441 g/mol. The maximum atomic E-state index is 13.4. The highest BCUT2D eigenvalue weighted by Gasteiger charge is 2.23. The Morgan fingerprint density at radius 2 is 1.69 bits per heavy atom. The number of pyridine rings is 1. The monoisotopic (exact) mass is 469 g/mol. The lowest BCUT2D eigenvalue weighted by molar-refractivity contribution is 0.0628. The van der Waals surface area contributed by atoms with Crippen molar-refractivity contribution in [3.05, 3.63) is 95.8 Å². The number of hydrogen-bond donors (Lipinski definition) is 0. The summed E-state index contributed by atoms with van der Waals surface area (Å²) in [7, 11) is 0. The van der Waals surface area contributed by atoms with E-state index in [9.17, 15) is 9.18 Å². The van der Waals surface area contributed by atoms with Gasteiger partial charge in [0.1, 0.15) is 11.6 Å². The molecule has 0 aliphatic carbocycles. The first-order valence-electron chi connectivity index (χ1n) is 12.0. The highest BCUT2D eigenvalue weighted by molar-refractivity contribution is 5.99. The standard InChI is InChI=1S/C29H28FN3O2/c1-2-35-28-19-27(22-8-11-24(30)12-9-22)31-26-13-10-23(18-25(26)28)29(34)33-16-14-32(15-17-33)20-21-6-4-3-5-7-21/h3-13,18-19H,2,14-17,20H2,1H3. The minimum atomic E-state index is -0.288. The van der Waals surface area contributed by atoms with Gasteiger partial charge in [0, 0.05) is 55.3 Å². The molecule has 35 heavy (non-hydrogen) atoms. The molecule has 0 unspecified atom stereocenters. The number of rotatable bonds is 6. The molecule has 5 nitrogen and oxygen atoms in total. The van der Waals surface area contributed by atoms with Crippen LogP contribution in [0, 0.1) is 5.82 Å². The second kappa shape index (κ2) is 10.2. The van der Waals surface area contributed by atoms with Gasteiger partial charge in [-0.15, -0.1) is 0 Å². The molecule has 0 N–H and O–H groups in total. The van der Waals surface area contributed by atoms with E-state index in [1.165, 1.54) is 17.7 Å². The number of aromatic nitrogens is 1. The lowest BCUT2D eigenvalue weighted by Gasteiger charge is -2.34. The fourth-order valence-corrected chi connectivity index (χ4v) is 4.50. The van der Waals surface area contributed by atoms with Gasteiger partial charge in [-0.3, -0.25) is 9.69 Å². The first kappa shape index (κ1) is 23.0. The molecule has 0 saturated carbocycles. The number of nitrogens with zero attached hydrogens (tertiary/aromatic N) is 3. The van der Waals surface area contributed by atoms with Gasteiger partial charge in [-0.25, -0.2) is 9.37 Å². The van der Waals surface area contributed by atoms with E-state index in [0.717, 1.165) is 36.1 Å². The largest absolute Gasteiger partial charge is 0.493 e. The molecule has 0 atom stereocenters. The number of amides is 1. The fourth-order valence-electron chi connectivity index (χ4n) is 4.50. The maximum absolute atomic E-state index is 13.4. The van der Waals surface area contributed by atoms with Gasteiger partial charge in [0.05, 0.1) is 17.8 Å². The summed E-state index contributed by atoms with van der Waals surface area (Å²) in [5.41, 5.74) is 4.17. The number of piperazine rings is 1. The number of carbonyl (C=O) groups is 1. The molecule has 3 aromatic carbocycles. The number of fused-ring (bicyclic) bond motifs is 1. The van der Waals surface area contributed by atoms with Crippen molar-refractivity contribution < 1.29 is 13.9 Å². The van der Waals surface area contributed by atoms with Gasteiger partial charge in [-0.05, 0) is 55.0 Å². The zero-order chi connectivity index (χ0) is 24.2. The van der Waals surface area contributed by atoms with Crippen molar-refractivity contribution in [3.8, 4) is 17.0 Å². The Hall–Kier alpha value is -3.77. The van der Waals surface area contributed by atoms with Gasteiger partial charge in [0.25, 0.3) is 5.91 Å². The maximum Gasteiger partial charge on any atom is 0.253 e. The van der Waals surface area contributed by atoms with Crippen molar-refractivity contribution >= 4 is 16.8 Å². The van der Waals surface area contributed by atoms with Crippen LogP contribution < -0.4 is 4.74 Å². The van der Waals surface area contributed by atoms with Crippen molar-refractivity contribution in [2.75, 3.05) is 32.8 Å². The summed E-state index contributed by atoms with van der Waals surface area (Å²) in [4.78, 5) is 22.4. The molecule has 2 heterocycles. The average Bonchev–Trinajstić information content (AvgIpc) is 2.89. The quantitative estimate of drug-likeness (QED) is 0.380. The Morgan fingerprint density at radius 3 is 2.40 bits per heavy atom. The summed E-state index contributed by atoms with van der Waals surface area (Å²) in [6, 6.07) is 24.1. The molecule has 4 aromatic rings. The fraction of sp³-hybridized carbons (Fsp3) is 0.241. The van der Waals surface area contributed by atoms with E-state index in [0.29, 0.717) is 36.7 Å². The first-order chi connectivity index (χ1) is 17.1. The van der Waals surface area contributed by atoms with Gasteiger partial charge < -0.3 is 9.64 Å². The van der Waals surface area contributed by atoms with E-state index in [2.05, 4.69) is 29.2 Å². The molecule has 1 saturated heterocycles. The van der Waals surface area contributed by atoms with E-state index in [1.54, 1.807) is 12.1 Å². The highest BCUT2D eigenvalue weighted by Crippen LogP contribution is 2.31. The normalized spacial score (nSPS) is 14.3. The molecular formula is C29H28FN3O2. The van der Waals surface area contributed by atoms with Crippen LogP contribution in [0.2, 0.25) is 0 Å². The molecule has 0 bridgehead atoms. The summed E-state index contributed by atoms with van der Waals surface area (Å²) in [5, 5.41) is 0.797. The van der Waals surface area contributed by atoms with Crippen LogP contribution in [0.4, 0.5) is 4.39 Å². The topological polar surface area (TPSA) is 45.7 Å². The minimum Gasteiger partial charge on any atom is -0.493 e. The van der Waals surface area contributed by atoms with Crippen molar-refractivity contribution in [1.29, 1.82) is 0 Å². The average molecular weight is 470 g/mol. The van der Waals surface area contributed by atoms with E-state index in [1.807, 2.05) is 42.2 Å². The van der Waals surface area contributed by atoms with Crippen LogP contribution in [0.3, 0.4) is 0 Å². The predicted molar refractivity (Wildman–Crippen MR) is 136 cm³/mol. The summed E-state index contributed by atoms with van der Waals surface area (Å²) in [6.45, 7) is 6.41. The summed E-state index contributed by atoms with van der Waals surface area (Å²) in [6.07, 6.45) is 0. The third kappa shape index (κ3) is 5.17. The third-order valence-corrected chi connectivity index (χ3v) is 6.37. The summed E-state index contributed by atoms with van der Waals surface area (Å²) < 4.78 is 19.3. The predicted octanol–water partition coefficient (Wildman–Crippen LogP) is 5.40. The third-order valence-electron chi connectivity index (χ3n) is 6.37. The Labute approximate surface area is 204 Å². The smallest absolute Gasteiger partial charge is 0.253 e. The number of hydrogen-bond acceptors (Lipinski definition) is 4. The molecule has 1 aliphatic rings. The van der Waals surface area contributed by atoms with E-state index in [-0.39, 0.29) is 11.7 Å². The highest BCUT2D eigenvalue weighted by atomic mass is 19.1. The summed E-state index contributed by atoms with van der Waals surface area (Å²) >= 11 is 0. The molecule has 0 spiro atoms. The van der Waals surface area contributed by atoms with Crippen LogP contribution in [0.1, 0.15) is 22.8 Å². The Morgan fingerprint density at radius 1 is 0.943 bits per heavy atom. The van der Waals surface area contributed by atoms with Crippen molar-refractivity contribution in [3.63, 3.8) is 0 Å². The van der Waals surface area contributed by atoms with E-state index < -0.39 is 0 Å². The minimum absolute atomic E-state index is 0.0244. The van der Waals surface area contributed by atoms with Gasteiger partial charge in [-0.1, -0.05) is 30.3 Å². The number of ether oxygens (including phenoxy) is 1. The van der Waals surface area contributed by atoms with Gasteiger partial charge in [-0.2, -0.15) is 0 Å². The van der Waals surface area contributed by atoms with Crippen LogP contribution in [-0.2, 0) is 6.54 Å². The van der Waals surface area contributed by atoms with Crippen molar-refractivity contribution in [1.82, 2.24) is 14.8 Å². The second-order valence-corrected chi connectivity index (χ2v) is 8.73. The lowest BCUT2D eigenvalue weighted by atomic mass is 10.1. The number of benzene rings is 3. The van der Waals surface area contributed by atoms with Gasteiger partial charge >= 0.3 is 0 Å².